The fourth-order valence-corrected chi connectivity index (χ4v) is 2.84. The van der Waals surface area contributed by atoms with Gasteiger partial charge in [0.2, 0.25) is 0 Å². The first-order chi connectivity index (χ1) is 10.1. The molecular weight excluding hydrogens is 272 g/mol. The van der Waals surface area contributed by atoms with E-state index in [0.29, 0.717) is 11.5 Å². The minimum Gasteiger partial charge on any atom is -0.460 e. The molecule has 1 aromatic carbocycles. The van der Waals surface area contributed by atoms with Gasteiger partial charge in [-0.25, -0.2) is 4.79 Å². The van der Waals surface area contributed by atoms with Gasteiger partial charge in [-0.15, -0.1) is 0 Å². The van der Waals surface area contributed by atoms with Crippen molar-refractivity contribution in [1.29, 1.82) is 0 Å². The average Bonchev–Trinajstić information content (AvgIpc) is 2.83. The predicted octanol–water partition coefficient (Wildman–Crippen LogP) is 2.86. The smallest absolute Gasteiger partial charge is 0.379 e. The molecule has 0 amide bonds. The van der Waals surface area contributed by atoms with Crippen LogP contribution in [0.15, 0.2) is 18.2 Å². The zero-order valence-corrected chi connectivity index (χ0v) is 12.0. The number of ketones is 1. The summed E-state index contributed by atoms with van der Waals surface area (Å²) in [5.74, 6) is -0.910. The Labute approximate surface area is 123 Å². The minimum absolute atomic E-state index is 0.179. The summed E-state index contributed by atoms with van der Waals surface area (Å²) in [7, 11) is 0. The van der Waals surface area contributed by atoms with Crippen molar-refractivity contribution in [3.63, 3.8) is 0 Å². The van der Waals surface area contributed by atoms with E-state index in [0.717, 1.165) is 25.7 Å². The van der Waals surface area contributed by atoms with Gasteiger partial charge in [0.25, 0.3) is 11.6 Å². The number of ether oxygens (including phenoxy) is 3. The van der Waals surface area contributed by atoms with Gasteiger partial charge in [0, 0.05) is 18.4 Å². The number of hydrogen-bond acceptors (Lipinski definition) is 5. The highest BCUT2D eigenvalue weighted by Gasteiger charge is 2.42. The van der Waals surface area contributed by atoms with Gasteiger partial charge in [-0.3, -0.25) is 4.79 Å². The Bertz CT molecular complexity index is 572. The highest BCUT2D eigenvalue weighted by molar-refractivity contribution is 6.40. The molecular formula is C16H18O5. The SMILES string of the molecule is CCOC(=O)C(=O)c1ccc2c(c1)OC1(CCCCC1)O2. The second-order valence-electron chi connectivity index (χ2n) is 5.39. The number of hydrogen-bond donors (Lipinski definition) is 0. The summed E-state index contributed by atoms with van der Waals surface area (Å²) in [6.07, 6.45) is 5.04. The van der Waals surface area contributed by atoms with Crippen LogP contribution in [0.3, 0.4) is 0 Å². The van der Waals surface area contributed by atoms with Crippen LogP contribution in [0.2, 0.25) is 0 Å². The quantitative estimate of drug-likeness (QED) is 0.486. The maximum atomic E-state index is 11.9. The summed E-state index contributed by atoms with van der Waals surface area (Å²) in [5, 5.41) is 0. The summed E-state index contributed by atoms with van der Waals surface area (Å²) in [4.78, 5) is 23.4. The molecule has 1 saturated carbocycles. The van der Waals surface area contributed by atoms with Crippen molar-refractivity contribution in [1.82, 2.24) is 0 Å². The van der Waals surface area contributed by atoms with Gasteiger partial charge >= 0.3 is 5.97 Å². The van der Waals surface area contributed by atoms with Crippen LogP contribution in [0.1, 0.15) is 49.4 Å². The van der Waals surface area contributed by atoms with Crippen molar-refractivity contribution in [2.24, 2.45) is 0 Å². The molecule has 112 valence electrons. The van der Waals surface area contributed by atoms with Gasteiger partial charge in [0.15, 0.2) is 11.5 Å². The largest absolute Gasteiger partial charge is 0.460 e. The fourth-order valence-electron chi connectivity index (χ4n) is 2.84. The molecule has 1 aliphatic heterocycles. The predicted molar refractivity (Wildman–Crippen MR) is 74.5 cm³/mol. The third-order valence-electron chi connectivity index (χ3n) is 3.87. The van der Waals surface area contributed by atoms with E-state index in [1.807, 2.05) is 0 Å². The van der Waals surface area contributed by atoms with Gasteiger partial charge in [-0.1, -0.05) is 6.42 Å². The molecule has 1 aliphatic carbocycles. The lowest BCUT2D eigenvalue weighted by Crippen LogP contribution is -2.40. The molecule has 2 aliphatic rings. The molecule has 0 bridgehead atoms. The molecule has 1 fully saturated rings. The van der Waals surface area contributed by atoms with Crippen molar-refractivity contribution in [2.75, 3.05) is 6.61 Å². The molecule has 5 nitrogen and oxygen atoms in total. The second-order valence-corrected chi connectivity index (χ2v) is 5.39. The van der Waals surface area contributed by atoms with E-state index in [1.54, 1.807) is 25.1 Å². The van der Waals surface area contributed by atoms with Crippen LogP contribution in [-0.4, -0.2) is 24.1 Å². The molecule has 0 N–H and O–H groups in total. The van der Waals surface area contributed by atoms with Crippen LogP contribution >= 0.6 is 0 Å². The van der Waals surface area contributed by atoms with Crippen molar-refractivity contribution >= 4 is 11.8 Å². The van der Waals surface area contributed by atoms with Crippen molar-refractivity contribution in [2.45, 2.75) is 44.8 Å². The Morgan fingerprint density at radius 1 is 1.14 bits per heavy atom. The van der Waals surface area contributed by atoms with Crippen LogP contribution < -0.4 is 9.47 Å². The fraction of sp³-hybridized carbons (Fsp3) is 0.500. The summed E-state index contributed by atoms with van der Waals surface area (Å²) in [6, 6.07) is 4.83. The lowest BCUT2D eigenvalue weighted by Gasteiger charge is -2.31. The monoisotopic (exact) mass is 290 g/mol. The maximum Gasteiger partial charge on any atom is 0.379 e. The van der Waals surface area contributed by atoms with Gasteiger partial charge < -0.3 is 14.2 Å². The molecule has 0 aromatic heterocycles. The normalized spacial score (nSPS) is 18.5. The Morgan fingerprint density at radius 3 is 2.57 bits per heavy atom. The van der Waals surface area contributed by atoms with Crippen LogP contribution in [0, 0.1) is 0 Å². The number of esters is 1. The average molecular weight is 290 g/mol. The Balaban J connectivity index is 1.80. The molecule has 0 radical (unpaired) electrons. The minimum atomic E-state index is -0.844. The van der Waals surface area contributed by atoms with Crippen molar-refractivity contribution in [3.8, 4) is 11.5 Å². The van der Waals surface area contributed by atoms with Gasteiger partial charge in [-0.05, 0) is 38.0 Å². The van der Waals surface area contributed by atoms with E-state index < -0.39 is 17.5 Å². The molecule has 1 spiro atoms. The van der Waals surface area contributed by atoms with Crippen molar-refractivity contribution in [3.05, 3.63) is 23.8 Å². The van der Waals surface area contributed by atoms with Crippen molar-refractivity contribution < 1.29 is 23.8 Å². The molecule has 1 heterocycles. The topological polar surface area (TPSA) is 61.8 Å². The number of carbonyl (C=O) groups is 2. The lowest BCUT2D eigenvalue weighted by molar-refractivity contribution is -0.137. The molecule has 0 unspecified atom stereocenters. The van der Waals surface area contributed by atoms with Crippen LogP contribution in [0.5, 0.6) is 11.5 Å². The molecule has 3 rings (SSSR count). The first-order valence-electron chi connectivity index (χ1n) is 7.37. The summed E-state index contributed by atoms with van der Waals surface area (Å²) in [5.41, 5.74) is 0.267. The second kappa shape index (κ2) is 5.39. The van der Waals surface area contributed by atoms with Crippen LogP contribution in [0.4, 0.5) is 0 Å². The zero-order chi connectivity index (χ0) is 14.9. The Kier molecular flexibility index (Phi) is 3.57. The van der Waals surface area contributed by atoms with E-state index in [2.05, 4.69) is 0 Å². The van der Waals surface area contributed by atoms with E-state index in [1.165, 1.54) is 6.42 Å². The van der Waals surface area contributed by atoms with E-state index in [9.17, 15) is 9.59 Å². The highest BCUT2D eigenvalue weighted by Crippen LogP contribution is 2.45. The summed E-state index contributed by atoms with van der Waals surface area (Å²) < 4.78 is 16.6. The molecule has 21 heavy (non-hydrogen) atoms. The van der Waals surface area contributed by atoms with E-state index in [-0.39, 0.29) is 12.2 Å². The first kappa shape index (κ1) is 13.9. The number of Topliss-reactive ketones (excluding diaryl/α,β-unsaturated/α-hetero) is 1. The first-order valence-corrected chi connectivity index (χ1v) is 7.37. The van der Waals surface area contributed by atoms with Gasteiger partial charge in [0.1, 0.15) is 0 Å². The van der Waals surface area contributed by atoms with Crippen LogP contribution in [-0.2, 0) is 9.53 Å². The molecule has 5 heteroatoms. The number of benzene rings is 1. The lowest BCUT2D eigenvalue weighted by atomic mass is 9.94. The zero-order valence-electron chi connectivity index (χ0n) is 12.0. The van der Waals surface area contributed by atoms with E-state index >= 15 is 0 Å². The molecule has 1 aromatic rings. The van der Waals surface area contributed by atoms with E-state index in [4.69, 9.17) is 14.2 Å². The molecule has 0 saturated heterocycles. The number of carbonyl (C=O) groups excluding carboxylic acids is 2. The summed E-state index contributed by atoms with van der Waals surface area (Å²) in [6.45, 7) is 1.84. The number of rotatable bonds is 3. The standard InChI is InChI=1S/C16H18O5/c1-2-19-15(18)14(17)11-6-7-12-13(10-11)21-16(20-12)8-4-3-5-9-16/h6-7,10H,2-5,8-9H2,1H3. The van der Waals surface area contributed by atoms with Crippen LogP contribution in [0.25, 0.3) is 0 Å². The Hall–Kier alpha value is -2.04. The Morgan fingerprint density at radius 2 is 1.86 bits per heavy atom. The number of fused-ring (bicyclic) bond motifs is 1. The third-order valence-corrected chi connectivity index (χ3v) is 3.87. The molecule has 0 atom stereocenters. The summed E-state index contributed by atoms with van der Waals surface area (Å²) >= 11 is 0. The van der Waals surface area contributed by atoms with Gasteiger partial charge in [0.05, 0.1) is 6.61 Å². The highest BCUT2D eigenvalue weighted by atomic mass is 16.7. The van der Waals surface area contributed by atoms with Gasteiger partial charge in [-0.2, -0.15) is 0 Å². The third kappa shape index (κ3) is 2.60. The maximum absolute atomic E-state index is 11.9.